The molecule has 0 saturated carbocycles. The average Bonchev–Trinajstić information content (AvgIpc) is 2.58. The molecule has 0 amide bonds. The molecule has 2 aromatic heterocycles. The molecule has 0 N–H and O–H groups in total. The maximum atomic E-state index is 13.7. The van der Waals surface area contributed by atoms with Crippen LogP contribution in [-0.2, 0) is 6.54 Å². The van der Waals surface area contributed by atoms with Crippen LogP contribution in [0.3, 0.4) is 0 Å². The average molecular weight is 300 g/mol. The van der Waals surface area contributed by atoms with Crippen molar-refractivity contribution in [1.29, 1.82) is 0 Å². The molecule has 1 fully saturated rings. The van der Waals surface area contributed by atoms with E-state index in [9.17, 15) is 4.39 Å². The maximum Gasteiger partial charge on any atom is 0.145 e. The first-order valence-electron chi connectivity index (χ1n) is 7.70. The SMILES string of the molecule is CC(c1ccccn1)N1CCN(Cc2ccncc2F)CC1. The summed E-state index contributed by atoms with van der Waals surface area (Å²) in [5.74, 6) is -0.216. The Balaban J connectivity index is 1.55. The van der Waals surface area contributed by atoms with E-state index in [2.05, 4.69) is 32.8 Å². The van der Waals surface area contributed by atoms with Crippen LogP contribution in [0, 0.1) is 5.82 Å². The van der Waals surface area contributed by atoms with Gasteiger partial charge >= 0.3 is 0 Å². The van der Waals surface area contributed by atoms with Crippen molar-refractivity contribution >= 4 is 0 Å². The van der Waals surface area contributed by atoms with Crippen molar-refractivity contribution in [3.63, 3.8) is 0 Å². The fraction of sp³-hybridized carbons (Fsp3) is 0.412. The van der Waals surface area contributed by atoms with Crippen molar-refractivity contribution in [1.82, 2.24) is 19.8 Å². The van der Waals surface area contributed by atoms with Gasteiger partial charge in [-0.3, -0.25) is 19.8 Å². The van der Waals surface area contributed by atoms with Crippen LogP contribution >= 0.6 is 0 Å². The predicted octanol–water partition coefficient (Wildman–Crippen LogP) is 2.49. The lowest BCUT2D eigenvalue weighted by Crippen LogP contribution is -2.46. The largest absolute Gasteiger partial charge is 0.296 e. The van der Waals surface area contributed by atoms with Crippen molar-refractivity contribution < 1.29 is 4.39 Å². The van der Waals surface area contributed by atoms with Crippen LogP contribution in [0.5, 0.6) is 0 Å². The highest BCUT2D eigenvalue weighted by Crippen LogP contribution is 2.20. The predicted molar refractivity (Wildman–Crippen MR) is 83.7 cm³/mol. The molecule has 1 aliphatic rings. The fourth-order valence-electron chi connectivity index (χ4n) is 2.89. The summed E-state index contributed by atoms with van der Waals surface area (Å²) >= 11 is 0. The number of hydrogen-bond donors (Lipinski definition) is 0. The van der Waals surface area contributed by atoms with Crippen molar-refractivity contribution in [3.05, 3.63) is 59.9 Å². The van der Waals surface area contributed by atoms with Gasteiger partial charge < -0.3 is 0 Å². The summed E-state index contributed by atoms with van der Waals surface area (Å²) in [5.41, 5.74) is 1.83. The Labute approximate surface area is 130 Å². The Kier molecular flexibility index (Phi) is 4.75. The van der Waals surface area contributed by atoms with Crippen LogP contribution in [0.25, 0.3) is 0 Å². The summed E-state index contributed by atoms with van der Waals surface area (Å²) in [7, 11) is 0. The van der Waals surface area contributed by atoms with Crippen molar-refractivity contribution in [2.24, 2.45) is 0 Å². The smallest absolute Gasteiger partial charge is 0.145 e. The van der Waals surface area contributed by atoms with Gasteiger partial charge in [-0.2, -0.15) is 0 Å². The first-order chi connectivity index (χ1) is 10.7. The molecule has 4 nitrogen and oxygen atoms in total. The molecule has 0 spiro atoms. The second-order valence-corrected chi connectivity index (χ2v) is 5.71. The molecule has 0 bridgehead atoms. The third kappa shape index (κ3) is 3.48. The summed E-state index contributed by atoms with van der Waals surface area (Å²) in [5, 5.41) is 0. The highest BCUT2D eigenvalue weighted by molar-refractivity contribution is 5.12. The molecule has 1 saturated heterocycles. The van der Waals surface area contributed by atoms with Crippen LogP contribution in [0.2, 0.25) is 0 Å². The van der Waals surface area contributed by atoms with Crippen LogP contribution < -0.4 is 0 Å². The Morgan fingerprint density at radius 1 is 1.14 bits per heavy atom. The van der Waals surface area contributed by atoms with E-state index in [0.717, 1.165) is 37.4 Å². The summed E-state index contributed by atoms with van der Waals surface area (Å²) in [6.07, 6.45) is 4.78. The number of piperazine rings is 1. The Bertz CT molecular complexity index is 597. The number of hydrogen-bond acceptors (Lipinski definition) is 4. The maximum absolute atomic E-state index is 13.7. The molecule has 0 aliphatic carbocycles. The molecule has 3 heterocycles. The molecule has 5 heteroatoms. The van der Waals surface area contributed by atoms with Crippen LogP contribution in [0.4, 0.5) is 4.39 Å². The van der Waals surface area contributed by atoms with E-state index in [1.807, 2.05) is 18.3 Å². The van der Waals surface area contributed by atoms with Gasteiger partial charge in [0.2, 0.25) is 0 Å². The van der Waals surface area contributed by atoms with Crippen molar-refractivity contribution in [2.75, 3.05) is 26.2 Å². The van der Waals surface area contributed by atoms with Gasteiger partial charge in [0.05, 0.1) is 11.9 Å². The number of pyridine rings is 2. The minimum absolute atomic E-state index is 0.216. The Morgan fingerprint density at radius 2 is 1.95 bits per heavy atom. The number of halogens is 1. The molecular formula is C17H21FN4. The molecule has 1 atom stereocenters. The molecule has 0 aromatic carbocycles. The Morgan fingerprint density at radius 3 is 2.64 bits per heavy atom. The topological polar surface area (TPSA) is 32.3 Å². The van der Waals surface area contributed by atoms with Gasteiger partial charge in [0, 0.05) is 56.7 Å². The summed E-state index contributed by atoms with van der Waals surface area (Å²) in [6.45, 7) is 6.69. The zero-order chi connectivity index (χ0) is 15.4. The Hall–Kier alpha value is -1.85. The van der Waals surface area contributed by atoms with E-state index in [-0.39, 0.29) is 5.82 Å². The summed E-state index contributed by atoms with van der Waals surface area (Å²) in [4.78, 5) is 13.0. The second kappa shape index (κ2) is 6.94. The van der Waals surface area contributed by atoms with E-state index in [4.69, 9.17) is 0 Å². The van der Waals surface area contributed by atoms with Gasteiger partial charge in [0.1, 0.15) is 5.82 Å². The third-order valence-corrected chi connectivity index (χ3v) is 4.32. The van der Waals surface area contributed by atoms with Crippen LogP contribution in [-0.4, -0.2) is 45.9 Å². The normalized spacial score (nSPS) is 18.3. The molecule has 3 rings (SSSR count). The van der Waals surface area contributed by atoms with E-state index in [0.29, 0.717) is 12.6 Å². The summed E-state index contributed by atoms with van der Waals surface area (Å²) in [6, 6.07) is 8.13. The van der Waals surface area contributed by atoms with E-state index >= 15 is 0 Å². The third-order valence-electron chi connectivity index (χ3n) is 4.32. The van der Waals surface area contributed by atoms with Crippen molar-refractivity contribution in [2.45, 2.75) is 19.5 Å². The zero-order valence-corrected chi connectivity index (χ0v) is 12.8. The molecule has 1 unspecified atom stereocenters. The highest BCUT2D eigenvalue weighted by atomic mass is 19.1. The first kappa shape index (κ1) is 15.1. The zero-order valence-electron chi connectivity index (χ0n) is 12.8. The van der Waals surface area contributed by atoms with Crippen LogP contribution in [0.1, 0.15) is 24.2 Å². The van der Waals surface area contributed by atoms with E-state index in [1.54, 1.807) is 12.3 Å². The van der Waals surface area contributed by atoms with Gasteiger partial charge in [-0.15, -0.1) is 0 Å². The quantitative estimate of drug-likeness (QED) is 0.868. The minimum atomic E-state index is -0.216. The molecular weight excluding hydrogens is 279 g/mol. The van der Waals surface area contributed by atoms with E-state index in [1.165, 1.54) is 6.20 Å². The minimum Gasteiger partial charge on any atom is -0.296 e. The molecule has 1 aliphatic heterocycles. The monoisotopic (exact) mass is 300 g/mol. The standard InChI is InChI=1S/C17H21FN4/c1-14(17-4-2-3-6-20-17)22-10-8-21(9-11-22)13-15-5-7-19-12-16(15)18/h2-7,12,14H,8-11,13H2,1H3. The second-order valence-electron chi connectivity index (χ2n) is 5.71. The first-order valence-corrected chi connectivity index (χ1v) is 7.70. The fourth-order valence-corrected chi connectivity index (χ4v) is 2.89. The lowest BCUT2D eigenvalue weighted by Gasteiger charge is -2.37. The van der Waals surface area contributed by atoms with Gasteiger partial charge in [0.25, 0.3) is 0 Å². The highest BCUT2D eigenvalue weighted by Gasteiger charge is 2.23. The van der Waals surface area contributed by atoms with Gasteiger partial charge in [-0.05, 0) is 25.1 Å². The number of nitrogens with zero attached hydrogens (tertiary/aromatic N) is 4. The molecule has 116 valence electrons. The van der Waals surface area contributed by atoms with Gasteiger partial charge in [-0.1, -0.05) is 6.07 Å². The van der Waals surface area contributed by atoms with Gasteiger partial charge in [-0.25, -0.2) is 4.39 Å². The van der Waals surface area contributed by atoms with Crippen LogP contribution in [0.15, 0.2) is 42.9 Å². The molecule has 0 radical (unpaired) electrons. The van der Waals surface area contributed by atoms with E-state index < -0.39 is 0 Å². The lowest BCUT2D eigenvalue weighted by atomic mass is 10.1. The lowest BCUT2D eigenvalue weighted by molar-refractivity contribution is 0.0957. The number of rotatable bonds is 4. The van der Waals surface area contributed by atoms with Gasteiger partial charge in [0.15, 0.2) is 0 Å². The summed E-state index contributed by atoms with van der Waals surface area (Å²) < 4.78 is 13.7. The molecule has 2 aromatic rings. The number of aromatic nitrogens is 2. The molecule has 22 heavy (non-hydrogen) atoms. The van der Waals surface area contributed by atoms with Crippen molar-refractivity contribution in [3.8, 4) is 0 Å².